The average Bonchev–Trinajstić information content (AvgIpc) is 3.93. The number of imidazole rings is 1. The number of hydrogen-bond acceptors (Lipinski definition) is 22. The van der Waals surface area contributed by atoms with E-state index in [1.165, 1.54) is 30.1 Å². The second-order valence-corrected chi connectivity index (χ2v) is 22.0. The van der Waals surface area contributed by atoms with Gasteiger partial charge in [-0.05, 0) is 55.2 Å². The number of nitrogens with one attached hydrogen (secondary N) is 5. The van der Waals surface area contributed by atoms with Crippen molar-refractivity contribution in [3.05, 3.63) is 47.7 Å². The minimum atomic E-state index is -4.03. The molecule has 74 heavy (non-hydrogen) atoms. The summed E-state index contributed by atoms with van der Waals surface area (Å²) in [6, 6.07) is 3.12. The van der Waals surface area contributed by atoms with Crippen LogP contribution in [-0.2, 0) is 74.4 Å². The number of amides is 6. The van der Waals surface area contributed by atoms with E-state index in [2.05, 4.69) is 59.1 Å². The highest BCUT2D eigenvalue weighted by molar-refractivity contribution is 8.44. The number of fused-ring (bicyclic) bond motifs is 1. The lowest BCUT2D eigenvalue weighted by Gasteiger charge is -2.27. The standard InChI is InChI=1S/C39H60N14O17P2S2/c1-7-46-50-53(60)17-27(54)49-28(22(2)3)35(56)48-25(9-8-14-42-37(41)57)34(55)47-24-12-10-23(11-13-24)18-66-38(58)51(4)15-16-65-39(59)69-31-30(70-72(62,74)64-6)26(19-67-71(61,73)63-5)68-36(31)52-21-45-29-32(40)43-20-44-33(29)52/h10-13,20-22,25-26,28,30-31,36,46H,7-9,14-19H2,1-6H3,(H,47,55)(H,48,56)(H,49,54)(H,61,73)(H,62,74)(H2,40,43,44)(H3,41,42,57)/t25-,26+,28-,30+,31+,36+,71?,72?/m0/s1. The molecular formula is C39H60N14O17P2S2. The minimum Gasteiger partial charge on any atom is -0.695 e. The van der Waals surface area contributed by atoms with Crippen molar-refractivity contribution in [3.8, 4) is 0 Å². The summed E-state index contributed by atoms with van der Waals surface area (Å²) in [5, 5.41) is 25.6. The van der Waals surface area contributed by atoms with E-state index in [1.54, 1.807) is 32.9 Å². The molecule has 0 saturated carbocycles. The van der Waals surface area contributed by atoms with Gasteiger partial charge >= 0.3 is 31.8 Å². The van der Waals surface area contributed by atoms with Gasteiger partial charge in [0.1, 0.15) is 55.9 Å². The zero-order chi connectivity index (χ0) is 54.8. The molecule has 35 heteroatoms. The third kappa shape index (κ3) is 18.7. The highest BCUT2D eigenvalue weighted by Gasteiger charge is 2.52. The number of primary amides is 1. The molecule has 2 unspecified atom stereocenters. The van der Waals surface area contributed by atoms with E-state index in [9.17, 15) is 43.4 Å². The monoisotopic (exact) mass is 1120 g/mol. The number of urea groups is 1. The van der Waals surface area contributed by atoms with Crippen LogP contribution in [0.5, 0.6) is 0 Å². The van der Waals surface area contributed by atoms with Crippen molar-refractivity contribution in [3.63, 3.8) is 0 Å². The average molecular weight is 1120 g/mol. The zero-order valence-electron chi connectivity index (χ0n) is 40.9. The number of hydroxylamine groups is 1. The SMILES string of the molecule is CCNN=[N+]([O-])CC(=O)N[C@H](C(=O)N[C@@H](CCCNC(N)=O)C(=O)Nc1ccc(COC(=O)N(C)CCOC(=O)O[C@@H]2[C@H](OP(O)(=S)OC)[C@@H](COP(=O)(S)OC)O[C@H]2n2cnc3c(N)ncnc32)cc1)C(C)C. The van der Waals surface area contributed by atoms with Crippen molar-refractivity contribution < 1.29 is 80.1 Å². The summed E-state index contributed by atoms with van der Waals surface area (Å²) >= 11 is 8.95. The number of nitrogens with two attached hydrogens (primary N) is 2. The van der Waals surface area contributed by atoms with E-state index in [4.69, 9.17) is 60.3 Å². The summed E-state index contributed by atoms with van der Waals surface area (Å²) in [4.78, 5) is 101. The van der Waals surface area contributed by atoms with Crippen molar-refractivity contribution in [2.45, 2.75) is 76.8 Å². The van der Waals surface area contributed by atoms with Crippen LogP contribution in [0, 0.1) is 11.1 Å². The third-order valence-corrected chi connectivity index (χ3v) is 13.8. The van der Waals surface area contributed by atoms with E-state index >= 15 is 0 Å². The van der Waals surface area contributed by atoms with Gasteiger partial charge in [0.05, 0.1) is 24.7 Å². The highest BCUT2D eigenvalue weighted by atomic mass is 32.7. The predicted octanol–water partition coefficient (Wildman–Crippen LogP) is 1.55. The summed E-state index contributed by atoms with van der Waals surface area (Å²) in [5.41, 5.74) is 14.7. The largest absolute Gasteiger partial charge is 0.695 e. The molecule has 1 aliphatic rings. The van der Waals surface area contributed by atoms with Crippen LogP contribution in [0.2, 0.25) is 0 Å². The number of hydrogen-bond donors (Lipinski definition) is 9. The normalized spacial score (nSPS) is 19.0. The van der Waals surface area contributed by atoms with Crippen LogP contribution in [0.25, 0.3) is 11.2 Å². The van der Waals surface area contributed by atoms with Gasteiger partial charge in [-0.3, -0.25) is 28.0 Å². The smallest absolute Gasteiger partial charge is 0.508 e. The van der Waals surface area contributed by atoms with Gasteiger partial charge in [-0.1, -0.05) is 38.2 Å². The van der Waals surface area contributed by atoms with Crippen LogP contribution < -0.4 is 38.2 Å². The Morgan fingerprint density at radius 2 is 1.78 bits per heavy atom. The topological polar surface area (TPSA) is 411 Å². The molecule has 1 saturated heterocycles. The molecular weight excluding hydrogens is 1060 g/mol. The first-order valence-electron chi connectivity index (χ1n) is 22.3. The number of likely N-dealkylation sites (N-methyl/N-ethyl adjacent to an activating group) is 1. The molecule has 410 valence electrons. The number of carbonyl (C=O) groups is 6. The first-order chi connectivity index (χ1) is 35.0. The fraction of sp³-hybridized carbons (Fsp3) is 0.564. The van der Waals surface area contributed by atoms with Gasteiger partial charge < -0.3 is 75.7 Å². The fourth-order valence-electron chi connectivity index (χ4n) is 6.57. The minimum absolute atomic E-state index is 0.0203. The van der Waals surface area contributed by atoms with Gasteiger partial charge in [0, 0.05) is 33.5 Å². The van der Waals surface area contributed by atoms with E-state index in [0.29, 0.717) is 17.8 Å². The summed E-state index contributed by atoms with van der Waals surface area (Å²) in [5.74, 6) is -2.56. The molecule has 6 amide bonds. The maximum atomic E-state index is 13.5. The Labute approximate surface area is 433 Å². The summed E-state index contributed by atoms with van der Waals surface area (Å²) in [7, 11) is 3.57. The molecule has 1 aromatic carbocycles. The van der Waals surface area contributed by atoms with E-state index < -0.39 is 112 Å². The summed E-state index contributed by atoms with van der Waals surface area (Å²) in [6.07, 6.45) is -5.01. The quantitative estimate of drug-likeness (QED) is 0.00947. The lowest BCUT2D eigenvalue weighted by atomic mass is 10.0. The molecule has 10 N–H and O–H groups in total. The summed E-state index contributed by atoms with van der Waals surface area (Å²) < 4.78 is 57.2. The molecule has 3 aromatic rings. The molecule has 4 rings (SSSR count). The first kappa shape index (κ1) is 60.5. The van der Waals surface area contributed by atoms with Gasteiger partial charge in [0.15, 0.2) is 30.3 Å². The van der Waals surface area contributed by atoms with Crippen LogP contribution in [0.4, 0.5) is 25.9 Å². The molecule has 31 nitrogen and oxygen atoms in total. The van der Waals surface area contributed by atoms with Crippen molar-refractivity contribution >= 4 is 96.2 Å². The number of nitrogen functional groups attached to an aromatic ring is 1. The van der Waals surface area contributed by atoms with Gasteiger partial charge in [0.25, 0.3) is 5.91 Å². The maximum absolute atomic E-state index is 13.5. The first-order valence-corrected chi connectivity index (χ1v) is 27.6. The Hall–Kier alpha value is -6.02. The van der Waals surface area contributed by atoms with Crippen LogP contribution in [-0.4, -0.2) is 161 Å². The van der Waals surface area contributed by atoms with E-state index in [0.717, 1.165) is 25.4 Å². The number of nitrogens with zero attached hydrogens (tertiary/aromatic N) is 7. The van der Waals surface area contributed by atoms with Crippen molar-refractivity contribution in [1.82, 2.24) is 45.8 Å². The zero-order valence-corrected chi connectivity index (χ0v) is 44.4. The van der Waals surface area contributed by atoms with Gasteiger partial charge in [-0.15, -0.1) is 0 Å². The molecule has 0 spiro atoms. The van der Waals surface area contributed by atoms with Gasteiger partial charge in [-0.25, -0.2) is 33.9 Å². The predicted molar refractivity (Wildman–Crippen MR) is 266 cm³/mol. The Bertz CT molecular complexity index is 2550. The number of aromatic nitrogens is 4. The Kier molecular flexibility index (Phi) is 23.4. The third-order valence-electron chi connectivity index (χ3n) is 10.3. The summed E-state index contributed by atoms with van der Waals surface area (Å²) in [6.45, 7) is -4.52. The molecule has 0 bridgehead atoms. The Balaban J connectivity index is 1.35. The van der Waals surface area contributed by atoms with E-state index in [1.807, 2.05) is 0 Å². The number of carbonyl (C=O) groups excluding carboxylic acids is 6. The molecule has 0 aliphatic carbocycles. The fourth-order valence-corrected chi connectivity index (χ4v) is 8.16. The van der Waals surface area contributed by atoms with Gasteiger partial charge in [-0.2, -0.15) is 10.3 Å². The lowest BCUT2D eigenvalue weighted by molar-refractivity contribution is -0.523. The second-order valence-electron chi connectivity index (χ2n) is 16.1. The lowest BCUT2D eigenvalue weighted by Crippen LogP contribution is -2.55. The van der Waals surface area contributed by atoms with Gasteiger partial charge in [0.2, 0.25) is 11.8 Å². The number of thiol groups is 1. The van der Waals surface area contributed by atoms with Crippen LogP contribution in [0.1, 0.15) is 45.4 Å². The highest BCUT2D eigenvalue weighted by Crippen LogP contribution is 2.54. The molecule has 2 aromatic heterocycles. The van der Waals surface area contributed by atoms with Crippen molar-refractivity contribution in [2.24, 2.45) is 16.9 Å². The number of ether oxygens (including phenoxy) is 4. The molecule has 0 radical (unpaired) electrons. The Morgan fingerprint density at radius 1 is 1.07 bits per heavy atom. The molecule has 1 aliphatic heterocycles. The number of benzene rings is 1. The maximum Gasteiger partial charge on any atom is 0.508 e. The van der Waals surface area contributed by atoms with Crippen LogP contribution >= 0.6 is 25.8 Å². The number of rotatable bonds is 28. The molecule has 8 atom stereocenters. The molecule has 1 fully saturated rings. The van der Waals surface area contributed by atoms with Crippen LogP contribution in [0.3, 0.4) is 0 Å². The molecule has 3 heterocycles. The van der Waals surface area contributed by atoms with Crippen molar-refractivity contribution in [1.29, 1.82) is 0 Å². The Morgan fingerprint density at radius 3 is 2.43 bits per heavy atom. The number of anilines is 2. The van der Waals surface area contributed by atoms with Crippen molar-refractivity contribution in [2.75, 3.05) is 71.7 Å². The van der Waals surface area contributed by atoms with E-state index in [-0.39, 0.29) is 54.4 Å². The second kappa shape index (κ2) is 28.6. The van der Waals surface area contributed by atoms with Crippen LogP contribution in [0.15, 0.2) is 42.1 Å².